The molecule has 1 aromatic rings. The highest BCUT2D eigenvalue weighted by Crippen LogP contribution is 2.31. The van der Waals surface area contributed by atoms with Gasteiger partial charge in [-0.2, -0.15) is 0 Å². The Balaban J connectivity index is 2.10. The first-order valence-electron chi connectivity index (χ1n) is 8.57. The molecule has 0 bridgehead atoms. The van der Waals surface area contributed by atoms with Crippen LogP contribution in [0.2, 0.25) is 5.02 Å². The Morgan fingerprint density at radius 1 is 1.05 bits per heavy atom. The average Bonchev–Trinajstić information content (AvgIpc) is 2.57. The van der Waals surface area contributed by atoms with Crippen molar-refractivity contribution in [3.63, 3.8) is 0 Å². The summed E-state index contributed by atoms with van der Waals surface area (Å²) in [7, 11) is 0. The lowest BCUT2D eigenvalue weighted by Gasteiger charge is -2.23. The van der Waals surface area contributed by atoms with Gasteiger partial charge in [0, 0.05) is 17.1 Å². The highest BCUT2D eigenvalue weighted by atomic mass is 35.5. The van der Waals surface area contributed by atoms with Crippen LogP contribution in [0.3, 0.4) is 0 Å². The minimum absolute atomic E-state index is 0.753. The number of likely N-dealkylation sites (N-methyl/N-ethyl adjacent to an activating group) is 1. The first-order chi connectivity index (χ1) is 10.7. The molecule has 122 valence electrons. The predicted octanol–water partition coefficient (Wildman–Crippen LogP) is 5.37. The van der Waals surface area contributed by atoms with Gasteiger partial charge in [0.2, 0.25) is 0 Å². The summed E-state index contributed by atoms with van der Waals surface area (Å²) in [6.07, 6.45) is 6.25. The van der Waals surface area contributed by atoms with E-state index in [1.54, 1.807) is 0 Å². The van der Waals surface area contributed by atoms with Gasteiger partial charge < -0.3 is 9.64 Å². The standard InChI is InChI=1S/C19H28ClNO/c1-3-21(4-2)14-15-22-19(16-8-6-5-7-9-16)17-10-12-18(20)13-11-17/h10-13H,3-9,14-15H2,1-2H3. The van der Waals surface area contributed by atoms with Crippen molar-refractivity contribution in [3.05, 3.63) is 40.4 Å². The van der Waals surface area contributed by atoms with Crippen molar-refractivity contribution in [1.29, 1.82) is 0 Å². The van der Waals surface area contributed by atoms with Gasteiger partial charge in [-0.3, -0.25) is 0 Å². The zero-order chi connectivity index (χ0) is 15.8. The van der Waals surface area contributed by atoms with Crippen molar-refractivity contribution in [2.75, 3.05) is 26.2 Å². The molecule has 2 nitrogen and oxygen atoms in total. The van der Waals surface area contributed by atoms with Crippen molar-refractivity contribution < 1.29 is 4.74 Å². The van der Waals surface area contributed by atoms with Crippen LogP contribution in [0.25, 0.3) is 5.76 Å². The Morgan fingerprint density at radius 3 is 2.27 bits per heavy atom. The number of rotatable bonds is 7. The number of hydrogen-bond donors (Lipinski definition) is 0. The molecular weight excluding hydrogens is 294 g/mol. The van der Waals surface area contributed by atoms with Crippen molar-refractivity contribution in [2.24, 2.45) is 0 Å². The van der Waals surface area contributed by atoms with Gasteiger partial charge in [0.05, 0.1) is 0 Å². The van der Waals surface area contributed by atoms with Gasteiger partial charge >= 0.3 is 0 Å². The molecule has 0 aromatic heterocycles. The van der Waals surface area contributed by atoms with E-state index in [0.717, 1.165) is 37.0 Å². The predicted molar refractivity (Wildman–Crippen MR) is 95.2 cm³/mol. The molecule has 1 fully saturated rings. The van der Waals surface area contributed by atoms with Crippen LogP contribution in [-0.4, -0.2) is 31.1 Å². The molecule has 1 aromatic carbocycles. The number of benzene rings is 1. The molecule has 0 saturated heterocycles. The van der Waals surface area contributed by atoms with Gasteiger partial charge in [0.25, 0.3) is 0 Å². The van der Waals surface area contributed by atoms with E-state index in [9.17, 15) is 0 Å². The topological polar surface area (TPSA) is 12.5 Å². The number of allylic oxidation sites excluding steroid dienone is 1. The second kappa shape index (κ2) is 9.22. The summed E-state index contributed by atoms with van der Waals surface area (Å²) in [4.78, 5) is 2.39. The Morgan fingerprint density at radius 2 is 1.68 bits per heavy atom. The highest BCUT2D eigenvalue weighted by molar-refractivity contribution is 6.30. The summed E-state index contributed by atoms with van der Waals surface area (Å²) in [6.45, 7) is 8.28. The molecule has 0 amide bonds. The fourth-order valence-corrected chi connectivity index (χ4v) is 3.14. The van der Waals surface area contributed by atoms with Crippen LogP contribution >= 0.6 is 11.6 Å². The molecule has 0 radical (unpaired) electrons. The molecule has 0 atom stereocenters. The summed E-state index contributed by atoms with van der Waals surface area (Å²) in [6, 6.07) is 8.06. The number of hydrogen-bond acceptors (Lipinski definition) is 2. The lowest BCUT2D eigenvalue weighted by atomic mass is 9.92. The largest absolute Gasteiger partial charge is 0.492 e. The minimum Gasteiger partial charge on any atom is -0.492 e. The number of ether oxygens (including phenoxy) is 1. The minimum atomic E-state index is 0.753. The van der Waals surface area contributed by atoms with Crippen LogP contribution in [-0.2, 0) is 4.74 Å². The Bertz CT molecular complexity index is 469. The summed E-state index contributed by atoms with van der Waals surface area (Å²) < 4.78 is 6.24. The molecule has 0 spiro atoms. The average molecular weight is 322 g/mol. The van der Waals surface area contributed by atoms with Crippen LogP contribution < -0.4 is 0 Å². The van der Waals surface area contributed by atoms with E-state index in [4.69, 9.17) is 16.3 Å². The molecule has 2 rings (SSSR count). The highest BCUT2D eigenvalue weighted by Gasteiger charge is 2.15. The van der Waals surface area contributed by atoms with Crippen LogP contribution in [0.15, 0.2) is 29.8 Å². The van der Waals surface area contributed by atoms with Crippen LogP contribution in [0, 0.1) is 0 Å². The van der Waals surface area contributed by atoms with E-state index in [1.807, 2.05) is 12.1 Å². The third-order valence-electron chi connectivity index (χ3n) is 4.43. The molecular formula is C19H28ClNO. The number of halogens is 1. The van der Waals surface area contributed by atoms with E-state index >= 15 is 0 Å². The van der Waals surface area contributed by atoms with Gasteiger partial charge in [-0.15, -0.1) is 0 Å². The molecule has 1 aliphatic rings. The summed E-state index contributed by atoms with van der Waals surface area (Å²) in [5.41, 5.74) is 2.65. The first kappa shape index (κ1) is 17.4. The maximum absolute atomic E-state index is 6.24. The van der Waals surface area contributed by atoms with Crippen LogP contribution in [0.4, 0.5) is 0 Å². The monoisotopic (exact) mass is 321 g/mol. The molecule has 0 N–H and O–H groups in total. The van der Waals surface area contributed by atoms with E-state index in [0.29, 0.717) is 0 Å². The lowest BCUT2D eigenvalue weighted by Crippen LogP contribution is -2.27. The van der Waals surface area contributed by atoms with Crippen molar-refractivity contribution in [2.45, 2.75) is 46.0 Å². The third kappa shape index (κ3) is 5.03. The molecule has 1 aliphatic carbocycles. The maximum atomic E-state index is 6.24. The molecule has 22 heavy (non-hydrogen) atoms. The molecule has 1 saturated carbocycles. The quantitative estimate of drug-likeness (QED) is 0.626. The Kier molecular flexibility index (Phi) is 7.28. The molecule has 0 heterocycles. The van der Waals surface area contributed by atoms with Crippen LogP contribution in [0.1, 0.15) is 51.5 Å². The first-order valence-corrected chi connectivity index (χ1v) is 8.95. The van der Waals surface area contributed by atoms with Gasteiger partial charge in [0.15, 0.2) is 0 Å². The normalized spacial score (nSPS) is 15.2. The SMILES string of the molecule is CCN(CC)CCOC(=C1CCCCC1)c1ccc(Cl)cc1. The summed E-state index contributed by atoms with van der Waals surface area (Å²) >= 11 is 6.02. The van der Waals surface area contributed by atoms with E-state index in [2.05, 4.69) is 30.9 Å². The molecule has 0 aliphatic heterocycles. The van der Waals surface area contributed by atoms with E-state index in [1.165, 1.54) is 43.2 Å². The van der Waals surface area contributed by atoms with Gasteiger partial charge in [-0.1, -0.05) is 31.9 Å². The molecule has 0 unspecified atom stereocenters. The third-order valence-corrected chi connectivity index (χ3v) is 4.68. The smallest absolute Gasteiger partial charge is 0.125 e. The maximum Gasteiger partial charge on any atom is 0.125 e. The summed E-state index contributed by atoms with van der Waals surface area (Å²) in [5.74, 6) is 1.10. The van der Waals surface area contributed by atoms with Gasteiger partial charge in [-0.25, -0.2) is 0 Å². The zero-order valence-corrected chi connectivity index (χ0v) is 14.7. The lowest BCUT2D eigenvalue weighted by molar-refractivity contribution is 0.199. The van der Waals surface area contributed by atoms with Crippen molar-refractivity contribution in [1.82, 2.24) is 4.90 Å². The fraction of sp³-hybridized carbons (Fsp3) is 0.579. The molecule has 3 heteroatoms. The van der Waals surface area contributed by atoms with E-state index < -0.39 is 0 Å². The van der Waals surface area contributed by atoms with Gasteiger partial charge in [-0.05, 0) is 68.6 Å². The second-order valence-electron chi connectivity index (χ2n) is 5.88. The Labute approximate surface area is 140 Å². The van der Waals surface area contributed by atoms with Gasteiger partial charge in [0.1, 0.15) is 12.4 Å². The second-order valence-corrected chi connectivity index (χ2v) is 6.31. The van der Waals surface area contributed by atoms with E-state index in [-0.39, 0.29) is 0 Å². The summed E-state index contributed by atoms with van der Waals surface area (Å²) in [5, 5.41) is 0.778. The zero-order valence-electron chi connectivity index (χ0n) is 13.9. The van der Waals surface area contributed by atoms with Crippen molar-refractivity contribution >= 4 is 17.4 Å². The van der Waals surface area contributed by atoms with Crippen LogP contribution in [0.5, 0.6) is 0 Å². The Hall–Kier alpha value is -0.990. The fourth-order valence-electron chi connectivity index (χ4n) is 3.01. The number of nitrogens with zero attached hydrogens (tertiary/aromatic N) is 1. The van der Waals surface area contributed by atoms with Crippen molar-refractivity contribution in [3.8, 4) is 0 Å².